The number of rotatable bonds is 3. The molecule has 6 heteroatoms. The molecule has 0 spiro atoms. The number of H-pyrrole nitrogens is 1. The van der Waals surface area contributed by atoms with Crippen molar-refractivity contribution in [3.63, 3.8) is 0 Å². The molecule has 2 heterocycles. The maximum Gasteiger partial charge on any atom is 0.251 e. The Hall–Kier alpha value is -2.08. The lowest BCUT2D eigenvalue weighted by Gasteiger charge is -2.02. The standard InChI is InChI=1S/C10H11N5O/c1-11-5-7-4-9(16)15-10(14-7)8-6-12-2-3-13-8/h2-4,6,11H,5H2,1H3,(H,14,15,16). The molecule has 0 aliphatic heterocycles. The maximum absolute atomic E-state index is 11.4. The minimum atomic E-state index is -0.194. The molecule has 0 bridgehead atoms. The predicted molar refractivity (Wildman–Crippen MR) is 58.6 cm³/mol. The van der Waals surface area contributed by atoms with Crippen molar-refractivity contribution in [2.24, 2.45) is 0 Å². The summed E-state index contributed by atoms with van der Waals surface area (Å²) in [5, 5.41) is 2.94. The average molecular weight is 217 g/mol. The normalized spacial score (nSPS) is 10.3. The molecule has 0 unspecified atom stereocenters. The first-order valence-corrected chi connectivity index (χ1v) is 4.81. The lowest BCUT2D eigenvalue weighted by molar-refractivity contribution is 0.784. The lowest BCUT2D eigenvalue weighted by atomic mass is 10.3. The van der Waals surface area contributed by atoms with Gasteiger partial charge in [0.2, 0.25) is 0 Å². The molecule has 82 valence electrons. The summed E-state index contributed by atoms with van der Waals surface area (Å²) >= 11 is 0. The van der Waals surface area contributed by atoms with E-state index in [0.717, 1.165) is 0 Å². The van der Waals surface area contributed by atoms with Crippen LogP contribution in [0.15, 0.2) is 29.5 Å². The first-order valence-electron chi connectivity index (χ1n) is 4.81. The summed E-state index contributed by atoms with van der Waals surface area (Å²) < 4.78 is 0. The third-order valence-electron chi connectivity index (χ3n) is 1.96. The van der Waals surface area contributed by atoms with Crippen molar-refractivity contribution in [2.75, 3.05) is 7.05 Å². The minimum Gasteiger partial charge on any atom is -0.314 e. The van der Waals surface area contributed by atoms with E-state index in [9.17, 15) is 4.79 Å². The van der Waals surface area contributed by atoms with Crippen molar-refractivity contribution in [1.82, 2.24) is 25.3 Å². The Bertz CT molecular complexity index is 522. The Morgan fingerprint density at radius 2 is 2.31 bits per heavy atom. The molecule has 2 aromatic rings. The van der Waals surface area contributed by atoms with Gasteiger partial charge < -0.3 is 10.3 Å². The first-order chi connectivity index (χ1) is 7.79. The number of nitrogens with one attached hydrogen (secondary N) is 2. The molecule has 0 amide bonds. The average Bonchev–Trinajstić information content (AvgIpc) is 2.30. The second-order valence-corrected chi connectivity index (χ2v) is 3.21. The summed E-state index contributed by atoms with van der Waals surface area (Å²) in [7, 11) is 1.80. The smallest absolute Gasteiger partial charge is 0.251 e. The number of hydrogen-bond acceptors (Lipinski definition) is 5. The SMILES string of the molecule is CNCc1cc(=O)[nH]c(-c2cnccn2)n1. The molecule has 0 aliphatic carbocycles. The largest absolute Gasteiger partial charge is 0.314 e. The van der Waals surface area contributed by atoms with Gasteiger partial charge in [0, 0.05) is 25.0 Å². The van der Waals surface area contributed by atoms with E-state index in [1.807, 2.05) is 0 Å². The first kappa shape index (κ1) is 10.4. The van der Waals surface area contributed by atoms with Crippen LogP contribution in [0, 0.1) is 0 Å². The van der Waals surface area contributed by atoms with Gasteiger partial charge in [0.15, 0.2) is 5.82 Å². The number of hydrogen-bond donors (Lipinski definition) is 2. The second kappa shape index (κ2) is 4.63. The van der Waals surface area contributed by atoms with Crippen molar-refractivity contribution in [3.8, 4) is 11.5 Å². The van der Waals surface area contributed by atoms with Gasteiger partial charge >= 0.3 is 0 Å². The number of aromatic amines is 1. The molecule has 0 fully saturated rings. The van der Waals surface area contributed by atoms with Gasteiger partial charge in [-0.15, -0.1) is 0 Å². The van der Waals surface area contributed by atoms with E-state index in [1.165, 1.54) is 6.07 Å². The summed E-state index contributed by atoms with van der Waals surface area (Å²) in [6.45, 7) is 0.539. The van der Waals surface area contributed by atoms with Crippen LogP contribution in [0.1, 0.15) is 5.69 Å². The number of aromatic nitrogens is 4. The van der Waals surface area contributed by atoms with Crippen LogP contribution in [-0.2, 0) is 6.54 Å². The number of nitrogens with zero attached hydrogens (tertiary/aromatic N) is 3. The monoisotopic (exact) mass is 217 g/mol. The summed E-state index contributed by atoms with van der Waals surface area (Å²) in [5.41, 5.74) is 1.03. The zero-order valence-electron chi connectivity index (χ0n) is 8.77. The molecular formula is C10H11N5O. The van der Waals surface area contributed by atoms with E-state index in [1.54, 1.807) is 25.6 Å². The van der Waals surface area contributed by atoms with E-state index >= 15 is 0 Å². The van der Waals surface area contributed by atoms with Gasteiger partial charge in [-0.2, -0.15) is 0 Å². The third kappa shape index (κ3) is 2.29. The van der Waals surface area contributed by atoms with Gasteiger partial charge in [-0.25, -0.2) is 9.97 Å². The Morgan fingerprint density at radius 3 is 3.00 bits per heavy atom. The van der Waals surface area contributed by atoms with E-state index in [2.05, 4.69) is 25.3 Å². The quantitative estimate of drug-likeness (QED) is 0.752. The van der Waals surface area contributed by atoms with Crippen LogP contribution in [0.5, 0.6) is 0 Å². The molecule has 6 nitrogen and oxygen atoms in total. The summed E-state index contributed by atoms with van der Waals surface area (Å²) in [4.78, 5) is 26.3. The zero-order chi connectivity index (χ0) is 11.4. The Morgan fingerprint density at radius 1 is 1.44 bits per heavy atom. The molecule has 16 heavy (non-hydrogen) atoms. The topological polar surface area (TPSA) is 83.6 Å². The van der Waals surface area contributed by atoms with Crippen molar-refractivity contribution < 1.29 is 0 Å². The van der Waals surface area contributed by atoms with Crippen LogP contribution in [0.25, 0.3) is 11.5 Å². The van der Waals surface area contributed by atoms with Gasteiger partial charge in [0.25, 0.3) is 5.56 Å². The van der Waals surface area contributed by atoms with Crippen LogP contribution >= 0.6 is 0 Å². The third-order valence-corrected chi connectivity index (χ3v) is 1.96. The fourth-order valence-electron chi connectivity index (χ4n) is 1.32. The van der Waals surface area contributed by atoms with Crippen LogP contribution in [0.3, 0.4) is 0 Å². The highest BCUT2D eigenvalue weighted by Gasteiger charge is 2.04. The van der Waals surface area contributed by atoms with Gasteiger partial charge in [-0.1, -0.05) is 0 Å². The molecule has 0 atom stereocenters. The Balaban J connectivity index is 2.45. The van der Waals surface area contributed by atoms with Crippen molar-refractivity contribution in [2.45, 2.75) is 6.54 Å². The molecule has 0 aromatic carbocycles. The predicted octanol–water partition coefficient (Wildman–Crippen LogP) is -0.0537. The Kier molecular flexibility index (Phi) is 3.02. The van der Waals surface area contributed by atoms with Gasteiger partial charge in [0.05, 0.1) is 11.9 Å². The highest BCUT2D eigenvalue weighted by molar-refractivity contribution is 5.46. The zero-order valence-corrected chi connectivity index (χ0v) is 8.77. The van der Waals surface area contributed by atoms with Crippen LogP contribution in [0.2, 0.25) is 0 Å². The van der Waals surface area contributed by atoms with Crippen molar-refractivity contribution in [3.05, 3.63) is 40.7 Å². The Labute approximate surface area is 91.8 Å². The molecule has 2 N–H and O–H groups in total. The highest BCUT2D eigenvalue weighted by Crippen LogP contribution is 2.07. The molecule has 0 aliphatic rings. The summed E-state index contributed by atoms with van der Waals surface area (Å²) in [6, 6.07) is 1.45. The highest BCUT2D eigenvalue weighted by atomic mass is 16.1. The molecule has 2 aromatic heterocycles. The molecule has 2 rings (SSSR count). The van der Waals surface area contributed by atoms with E-state index in [-0.39, 0.29) is 5.56 Å². The molecule has 0 saturated heterocycles. The molecule has 0 saturated carbocycles. The summed E-state index contributed by atoms with van der Waals surface area (Å²) in [5.74, 6) is 0.436. The van der Waals surface area contributed by atoms with E-state index < -0.39 is 0 Å². The van der Waals surface area contributed by atoms with Crippen LogP contribution in [0.4, 0.5) is 0 Å². The van der Waals surface area contributed by atoms with Crippen molar-refractivity contribution >= 4 is 0 Å². The van der Waals surface area contributed by atoms with Gasteiger partial charge in [0.1, 0.15) is 5.69 Å². The van der Waals surface area contributed by atoms with Crippen molar-refractivity contribution in [1.29, 1.82) is 0 Å². The van der Waals surface area contributed by atoms with E-state index in [4.69, 9.17) is 0 Å². The van der Waals surface area contributed by atoms with Gasteiger partial charge in [-0.3, -0.25) is 9.78 Å². The maximum atomic E-state index is 11.4. The van der Waals surface area contributed by atoms with Crippen LogP contribution in [-0.4, -0.2) is 27.0 Å². The minimum absolute atomic E-state index is 0.194. The molecular weight excluding hydrogens is 206 g/mol. The fourth-order valence-corrected chi connectivity index (χ4v) is 1.32. The fraction of sp³-hybridized carbons (Fsp3) is 0.200. The lowest BCUT2D eigenvalue weighted by Crippen LogP contribution is -2.15. The van der Waals surface area contributed by atoms with E-state index in [0.29, 0.717) is 23.8 Å². The van der Waals surface area contributed by atoms with Gasteiger partial charge in [-0.05, 0) is 7.05 Å². The van der Waals surface area contributed by atoms with Crippen LogP contribution < -0.4 is 10.9 Å². The molecule has 0 radical (unpaired) electrons. The summed E-state index contributed by atoms with van der Waals surface area (Å²) in [6.07, 6.45) is 4.68. The second-order valence-electron chi connectivity index (χ2n) is 3.21.